The van der Waals surface area contributed by atoms with Crippen LogP contribution in [-0.4, -0.2) is 18.9 Å². The molecule has 0 bridgehead atoms. The van der Waals surface area contributed by atoms with Crippen LogP contribution in [0.25, 0.3) is 5.57 Å². The smallest absolute Gasteiger partial charge is 0.272 e. The lowest BCUT2D eigenvalue weighted by Crippen LogP contribution is -2.31. The number of anilines is 1. The number of carbonyl (C=O) groups excluding carboxylic acids is 2. The van der Waals surface area contributed by atoms with Crippen LogP contribution in [0.15, 0.2) is 82.6 Å². The second-order valence-electron chi connectivity index (χ2n) is 6.41. The molecule has 0 unspecified atom stereocenters. The van der Waals surface area contributed by atoms with Crippen molar-refractivity contribution < 1.29 is 14.3 Å². The molecule has 30 heavy (non-hydrogen) atoms. The minimum Gasteiger partial charge on any atom is -0.497 e. The average molecular weight is 456 g/mol. The SMILES string of the molecule is COc1cccc(N2C(=O)C(Sc3ccc(Cl)cc3)=C(c3ccc(Cl)cc3)C2=O)c1. The molecule has 3 aromatic carbocycles. The van der Waals surface area contributed by atoms with Crippen molar-refractivity contribution in [3.8, 4) is 5.75 Å². The molecule has 1 heterocycles. The minimum absolute atomic E-state index is 0.333. The Bertz CT molecular complexity index is 1160. The summed E-state index contributed by atoms with van der Waals surface area (Å²) >= 11 is 13.2. The fraction of sp³-hybridized carbons (Fsp3) is 0.0435. The van der Waals surface area contributed by atoms with Gasteiger partial charge in [-0.2, -0.15) is 0 Å². The molecule has 0 N–H and O–H groups in total. The van der Waals surface area contributed by atoms with Crippen LogP contribution in [-0.2, 0) is 9.59 Å². The monoisotopic (exact) mass is 455 g/mol. The Morgan fingerprint density at radius 2 is 1.47 bits per heavy atom. The van der Waals surface area contributed by atoms with E-state index in [9.17, 15) is 9.59 Å². The molecule has 0 atom stereocenters. The van der Waals surface area contributed by atoms with Crippen LogP contribution in [0.1, 0.15) is 5.56 Å². The van der Waals surface area contributed by atoms with Gasteiger partial charge in [0.1, 0.15) is 5.75 Å². The molecule has 0 aromatic heterocycles. The second-order valence-corrected chi connectivity index (χ2v) is 8.37. The third-order valence-electron chi connectivity index (χ3n) is 4.52. The van der Waals surface area contributed by atoms with Gasteiger partial charge in [-0.15, -0.1) is 0 Å². The van der Waals surface area contributed by atoms with Crippen LogP contribution in [0, 0.1) is 0 Å². The first-order chi connectivity index (χ1) is 14.5. The molecule has 2 amide bonds. The molecule has 7 heteroatoms. The number of benzene rings is 3. The molecule has 0 radical (unpaired) electrons. The van der Waals surface area contributed by atoms with Crippen LogP contribution in [0.4, 0.5) is 5.69 Å². The van der Waals surface area contributed by atoms with Crippen molar-refractivity contribution in [1.29, 1.82) is 0 Å². The predicted molar refractivity (Wildman–Crippen MR) is 121 cm³/mol. The van der Waals surface area contributed by atoms with E-state index >= 15 is 0 Å². The van der Waals surface area contributed by atoms with E-state index < -0.39 is 11.8 Å². The molecule has 0 spiro atoms. The number of halogens is 2. The fourth-order valence-corrected chi connectivity index (χ4v) is 4.33. The number of carbonyl (C=O) groups is 2. The van der Waals surface area contributed by atoms with Crippen molar-refractivity contribution in [2.75, 3.05) is 12.0 Å². The molecule has 0 saturated heterocycles. The number of rotatable bonds is 5. The Kier molecular flexibility index (Phi) is 5.86. The number of ether oxygens (including phenoxy) is 1. The summed E-state index contributed by atoms with van der Waals surface area (Å²) in [5, 5.41) is 1.14. The number of hydrogen-bond donors (Lipinski definition) is 0. The van der Waals surface area contributed by atoms with E-state index in [1.54, 1.807) is 60.7 Å². The van der Waals surface area contributed by atoms with Crippen LogP contribution < -0.4 is 9.64 Å². The molecule has 0 fully saturated rings. The van der Waals surface area contributed by atoms with Crippen LogP contribution in [0.2, 0.25) is 10.0 Å². The molecule has 1 aliphatic heterocycles. The quantitative estimate of drug-likeness (QED) is 0.437. The third kappa shape index (κ3) is 3.97. The maximum absolute atomic E-state index is 13.4. The van der Waals surface area contributed by atoms with E-state index in [0.29, 0.717) is 37.5 Å². The molecule has 4 rings (SSSR count). The number of imide groups is 1. The topological polar surface area (TPSA) is 46.6 Å². The van der Waals surface area contributed by atoms with Gasteiger partial charge in [-0.1, -0.05) is 53.2 Å². The van der Waals surface area contributed by atoms with Crippen molar-refractivity contribution >= 4 is 58.0 Å². The Hall–Kier alpha value is -2.73. The summed E-state index contributed by atoms with van der Waals surface area (Å²) in [7, 11) is 1.53. The van der Waals surface area contributed by atoms with Gasteiger partial charge in [-0.3, -0.25) is 9.59 Å². The van der Waals surface area contributed by atoms with E-state index in [-0.39, 0.29) is 0 Å². The van der Waals surface area contributed by atoms with Gasteiger partial charge in [-0.05, 0) is 54.1 Å². The Morgan fingerprint density at radius 1 is 0.833 bits per heavy atom. The Balaban J connectivity index is 1.81. The number of thioether (sulfide) groups is 1. The number of amides is 2. The molecule has 4 nitrogen and oxygen atoms in total. The third-order valence-corrected chi connectivity index (χ3v) is 6.11. The first-order valence-electron chi connectivity index (χ1n) is 8.94. The predicted octanol–water partition coefficient (Wildman–Crippen LogP) is 6.08. The lowest BCUT2D eigenvalue weighted by Gasteiger charge is -2.16. The molecular weight excluding hydrogens is 441 g/mol. The summed E-state index contributed by atoms with van der Waals surface area (Å²) in [6.07, 6.45) is 0. The standard InChI is InChI=1S/C23H15Cl2NO3S/c1-29-18-4-2-3-17(13-18)26-22(27)20(14-5-7-15(24)8-6-14)21(23(26)28)30-19-11-9-16(25)10-12-19/h2-13H,1H3. The van der Waals surface area contributed by atoms with Crippen LogP contribution in [0.5, 0.6) is 5.75 Å². The number of methoxy groups -OCH3 is 1. The van der Waals surface area contributed by atoms with Gasteiger partial charge >= 0.3 is 0 Å². The summed E-state index contributed by atoms with van der Waals surface area (Å²) in [6, 6.07) is 20.8. The first-order valence-corrected chi connectivity index (χ1v) is 10.5. The van der Waals surface area contributed by atoms with Gasteiger partial charge in [0, 0.05) is 21.0 Å². The van der Waals surface area contributed by atoms with Crippen molar-refractivity contribution in [3.05, 3.63) is 93.3 Å². The van der Waals surface area contributed by atoms with E-state index in [4.69, 9.17) is 27.9 Å². The highest BCUT2D eigenvalue weighted by Gasteiger charge is 2.40. The summed E-state index contributed by atoms with van der Waals surface area (Å²) in [5.41, 5.74) is 1.40. The summed E-state index contributed by atoms with van der Waals surface area (Å²) in [6.45, 7) is 0. The van der Waals surface area contributed by atoms with Crippen molar-refractivity contribution in [2.45, 2.75) is 4.90 Å². The van der Waals surface area contributed by atoms with E-state index in [1.165, 1.54) is 23.8 Å². The zero-order chi connectivity index (χ0) is 21.3. The lowest BCUT2D eigenvalue weighted by molar-refractivity contribution is -0.119. The van der Waals surface area contributed by atoms with Crippen molar-refractivity contribution in [3.63, 3.8) is 0 Å². The van der Waals surface area contributed by atoms with Gasteiger partial charge < -0.3 is 4.74 Å². The van der Waals surface area contributed by atoms with E-state index in [2.05, 4.69) is 0 Å². The molecule has 0 aliphatic carbocycles. The van der Waals surface area contributed by atoms with Gasteiger partial charge in [0.2, 0.25) is 0 Å². The normalized spacial score (nSPS) is 13.9. The minimum atomic E-state index is -0.396. The number of hydrogen-bond acceptors (Lipinski definition) is 4. The van der Waals surface area contributed by atoms with E-state index in [1.807, 2.05) is 12.1 Å². The summed E-state index contributed by atoms with van der Waals surface area (Å²) < 4.78 is 5.25. The molecule has 150 valence electrons. The second kappa shape index (κ2) is 8.56. The summed E-state index contributed by atoms with van der Waals surface area (Å²) in [5.74, 6) is -0.231. The van der Waals surface area contributed by atoms with Crippen LogP contribution >= 0.6 is 35.0 Å². The zero-order valence-electron chi connectivity index (χ0n) is 15.8. The lowest BCUT2D eigenvalue weighted by atomic mass is 10.1. The maximum Gasteiger partial charge on any atom is 0.272 e. The van der Waals surface area contributed by atoms with Gasteiger partial charge in [0.25, 0.3) is 11.8 Å². The Morgan fingerprint density at radius 3 is 2.10 bits per heavy atom. The largest absolute Gasteiger partial charge is 0.497 e. The fourth-order valence-electron chi connectivity index (χ4n) is 3.08. The van der Waals surface area contributed by atoms with Gasteiger partial charge in [-0.25, -0.2) is 4.90 Å². The zero-order valence-corrected chi connectivity index (χ0v) is 18.1. The van der Waals surface area contributed by atoms with Crippen LogP contribution in [0.3, 0.4) is 0 Å². The Labute approximate surface area is 188 Å². The average Bonchev–Trinajstić information content (AvgIpc) is 3.00. The molecule has 0 saturated carbocycles. The van der Waals surface area contributed by atoms with Crippen molar-refractivity contribution in [2.24, 2.45) is 0 Å². The highest BCUT2D eigenvalue weighted by atomic mass is 35.5. The highest BCUT2D eigenvalue weighted by molar-refractivity contribution is 8.04. The van der Waals surface area contributed by atoms with Gasteiger partial charge in [0.05, 0.1) is 23.3 Å². The van der Waals surface area contributed by atoms with E-state index in [0.717, 1.165) is 4.90 Å². The molecule has 1 aliphatic rings. The first kappa shape index (κ1) is 20.5. The summed E-state index contributed by atoms with van der Waals surface area (Å²) in [4.78, 5) is 29.1. The molecular formula is C23H15Cl2NO3S. The molecule has 3 aromatic rings. The highest BCUT2D eigenvalue weighted by Crippen LogP contribution is 2.42. The van der Waals surface area contributed by atoms with Crippen molar-refractivity contribution in [1.82, 2.24) is 0 Å². The maximum atomic E-state index is 13.4. The number of nitrogens with zero attached hydrogens (tertiary/aromatic N) is 1. The van der Waals surface area contributed by atoms with Gasteiger partial charge in [0.15, 0.2) is 0 Å².